The van der Waals surface area contributed by atoms with Crippen molar-refractivity contribution in [3.05, 3.63) is 144 Å². The summed E-state index contributed by atoms with van der Waals surface area (Å²) in [4.78, 5) is 148. The molecule has 8 heterocycles. The Morgan fingerprint density at radius 3 is 1.04 bits per heavy atom. The zero-order chi connectivity index (χ0) is 67.0. The molecule has 93 heavy (non-hydrogen) atoms. The van der Waals surface area contributed by atoms with E-state index in [-0.39, 0.29) is 90.5 Å². The molecule has 0 radical (unpaired) electrons. The SMILES string of the molecule is Cn1cc(NC(=O)CCNC(=O)c2cc(NC(=O)c3cc(NC(=O)c4cc(NC(=O)CC5(CNC(=O)c6cc(NC(=O)c7cc(NC(=O)CCNC(=O)c8cc(NC(=O)c9nccn9C)cn8C)cn7C)cn6C)CCCCC5)cn4C)cn3C)cn2C)cc1C(N)=O. The average molecular weight is 1280 g/mol. The van der Waals surface area contributed by atoms with Crippen molar-refractivity contribution in [1.29, 1.82) is 0 Å². The van der Waals surface area contributed by atoms with Crippen LogP contribution in [0, 0.1) is 5.41 Å². The highest BCUT2D eigenvalue weighted by Crippen LogP contribution is 2.39. The van der Waals surface area contributed by atoms with Crippen LogP contribution in [0.3, 0.4) is 0 Å². The van der Waals surface area contributed by atoms with E-state index in [4.69, 9.17) is 5.73 Å². The minimum absolute atomic E-state index is 0.000428. The van der Waals surface area contributed by atoms with Gasteiger partial charge in [-0.1, -0.05) is 19.3 Å². The van der Waals surface area contributed by atoms with Gasteiger partial charge in [-0.3, -0.25) is 52.7 Å². The zero-order valence-electron chi connectivity index (χ0n) is 52.6. The molecule has 8 aromatic heterocycles. The molecular weight excluding hydrogens is 1200 g/mol. The van der Waals surface area contributed by atoms with Gasteiger partial charge >= 0.3 is 0 Å². The number of amides is 11. The topological polar surface area (TPSA) is 386 Å². The van der Waals surface area contributed by atoms with Crippen LogP contribution in [0.15, 0.2) is 98.2 Å². The molecule has 1 aliphatic carbocycles. The van der Waals surface area contributed by atoms with Crippen molar-refractivity contribution in [2.45, 2.75) is 51.4 Å². The van der Waals surface area contributed by atoms with Crippen LogP contribution in [0.2, 0.25) is 0 Å². The lowest BCUT2D eigenvalue weighted by Gasteiger charge is -2.37. The Labute approximate surface area is 532 Å². The number of rotatable bonds is 25. The molecule has 31 heteroatoms. The summed E-state index contributed by atoms with van der Waals surface area (Å²) in [7, 11) is 13.2. The lowest BCUT2D eigenvalue weighted by Crippen LogP contribution is -2.41. The number of nitrogens with two attached hydrogens (primary N) is 1. The number of nitrogens with one attached hydrogen (secondary N) is 10. The first-order valence-corrected chi connectivity index (χ1v) is 29.6. The molecule has 0 bridgehead atoms. The summed E-state index contributed by atoms with van der Waals surface area (Å²) >= 11 is 0. The van der Waals surface area contributed by atoms with Crippen molar-refractivity contribution in [2.24, 2.45) is 67.5 Å². The number of aromatic nitrogens is 9. The Bertz CT molecular complexity index is 4240. The third-order valence-corrected chi connectivity index (χ3v) is 15.9. The fourth-order valence-corrected chi connectivity index (χ4v) is 11.2. The number of hydrogen-bond donors (Lipinski definition) is 11. The van der Waals surface area contributed by atoms with E-state index in [1.165, 1.54) is 60.9 Å². The molecule has 0 atom stereocenters. The van der Waals surface area contributed by atoms with Crippen LogP contribution < -0.4 is 58.9 Å². The monoisotopic (exact) mass is 1270 g/mol. The van der Waals surface area contributed by atoms with E-state index < -0.39 is 64.5 Å². The van der Waals surface area contributed by atoms with Gasteiger partial charge in [0.1, 0.15) is 39.9 Å². The number of hydrogen-bond acceptors (Lipinski definition) is 12. The van der Waals surface area contributed by atoms with Crippen molar-refractivity contribution in [1.82, 2.24) is 57.5 Å². The van der Waals surface area contributed by atoms with Crippen LogP contribution in [0.25, 0.3) is 0 Å². The van der Waals surface area contributed by atoms with Crippen LogP contribution in [0.4, 0.5) is 39.8 Å². The second kappa shape index (κ2) is 28.0. The van der Waals surface area contributed by atoms with Crippen molar-refractivity contribution < 1.29 is 52.7 Å². The maximum absolute atomic E-state index is 13.8. The predicted octanol–water partition coefficient (Wildman–Crippen LogP) is 4.12. The van der Waals surface area contributed by atoms with Gasteiger partial charge in [-0.25, -0.2) is 4.98 Å². The van der Waals surface area contributed by atoms with Gasteiger partial charge in [0.05, 0.1) is 39.8 Å². The molecule has 1 aliphatic rings. The molecular formula is C62H74N20O11. The molecule has 0 aliphatic heterocycles. The summed E-state index contributed by atoms with van der Waals surface area (Å²) in [5.74, 6) is -4.90. The van der Waals surface area contributed by atoms with Crippen molar-refractivity contribution in [2.75, 3.05) is 56.9 Å². The Kier molecular flexibility index (Phi) is 19.8. The van der Waals surface area contributed by atoms with Gasteiger partial charge < -0.3 is 95.4 Å². The molecule has 11 amide bonds. The third-order valence-electron chi connectivity index (χ3n) is 15.9. The van der Waals surface area contributed by atoms with Crippen molar-refractivity contribution in [3.8, 4) is 0 Å². The number of anilines is 7. The summed E-state index contributed by atoms with van der Waals surface area (Å²) in [5.41, 5.74) is 8.80. The molecule has 488 valence electrons. The number of nitrogens with zero attached hydrogens (tertiary/aromatic N) is 9. The van der Waals surface area contributed by atoms with E-state index in [9.17, 15) is 52.7 Å². The Morgan fingerprint density at radius 1 is 0.387 bits per heavy atom. The largest absolute Gasteiger partial charge is 0.364 e. The van der Waals surface area contributed by atoms with Gasteiger partial charge in [-0.2, -0.15) is 0 Å². The Balaban J connectivity index is 0.713. The van der Waals surface area contributed by atoms with Crippen molar-refractivity contribution >= 4 is 105 Å². The minimum atomic E-state index is -0.643. The average Bonchev–Trinajstić information content (AvgIpc) is 1.83. The number of aryl methyl sites for hydroxylation is 8. The first kappa shape index (κ1) is 65.8. The van der Waals surface area contributed by atoms with Gasteiger partial charge in [0.15, 0.2) is 5.82 Å². The van der Waals surface area contributed by atoms with Gasteiger partial charge in [0, 0.05) is 151 Å². The third kappa shape index (κ3) is 16.0. The molecule has 0 aromatic carbocycles. The molecule has 9 rings (SSSR count). The molecule has 0 saturated heterocycles. The first-order valence-electron chi connectivity index (χ1n) is 29.6. The van der Waals surface area contributed by atoms with Crippen LogP contribution in [-0.2, 0) is 70.8 Å². The second-order valence-electron chi connectivity index (χ2n) is 23.2. The smallest absolute Gasteiger partial charge is 0.291 e. The summed E-state index contributed by atoms with van der Waals surface area (Å²) in [5, 5.41) is 27.9. The highest BCUT2D eigenvalue weighted by molar-refractivity contribution is 6.09. The number of carbonyl (C=O) groups is 11. The van der Waals surface area contributed by atoms with E-state index in [0.717, 1.165) is 19.3 Å². The highest BCUT2D eigenvalue weighted by Gasteiger charge is 2.36. The fourth-order valence-electron chi connectivity index (χ4n) is 11.2. The van der Waals surface area contributed by atoms with Crippen LogP contribution in [0.5, 0.6) is 0 Å². The summed E-state index contributed by atoms with van der Waals surface area (Å²) in [6, 6.07) is 10.5. The van der Waals surface area contributed by atoms with E-state index in [0.29, 0.717) is 52.7 Å². The second-order valence-corrected chi connectivity index (χ2v) is 23.2. The van der Waals surface area contributed by atoms with Crippen molar-refractivity contribution in [3.63, 3.8) is 0 Å². The molecule has 1 saturated carbocycles. The molecule has 8 aromatic rings. The van der Waals surface area contributed by atoms with Crippen LogP contribution in [0.1, 0.15) is 135 Å². The van der Waals surface area contributed by atoms with Crippen LogP contribution >= 0.6 is 0 Å². The normalized spacial score (nSPS) is 12.5. The maximum Gasteiger partial charge on any atom is 0.291 e. The number of primary amides is 1. The summed E-state index contributed by atoms with van der Waals surface area (Å²) in [6.07, 6.45) is 18.2. The Hall–Kier alpha value is -11.7. The molecule has 0 unspecified atom stereocenters. The summed E-state index contributed by atoms with van der Waals surface area (Å²) < 4.78 is 12.3. The van der Waals surface area contributed by atoms with E-state index >= 15 is 0 Å². The lowest BCUT2D eigenvalue weighted by molar-refractivity contribution is -0.119. The van der Waals surface area contributed by atoms with E-state index in [1.807, 2.05) is 0 Å². The lowest BCUT2D eigenvalue weighted by atomic mass is 9.71. The van der Waals surface area contributed by atoms with Gasteiger partial charge in [0.2, 0.25) is 17.7 Å². The molecule has 1 fully saturated rings. The maximum atomic E-state index is 13.8. The van der Waals surface area contributed by atoms with Gasteiger partial charge in [-0.05, 0) is 60.7 Å². The molecule has 0 spiro atoms. The molecule has 12 N–H and O–H groups in total. The first-order chi connectivity index (χ1) is 44.2. The quantitative estimate of drug-likeness (QED) is 0.0385. The van der Waals surface area contributed by atoms with E-state index in [1.54, 1.807) is 130 Å². The van der Waals surface area contributed by atoms with Gasteiger partial charge in [0.25, 0.3) is 47.3 Å². The van der Waals surface area contributed by atoms with Gasteiger partial charge in [-0.15, -0.1) is 0 Å². The predicted molar refractivity (Wildman–Crippen MR) is 344 cm³/mol. The minimum Gasteiger partial charge on any atom is -0.364 e. The fraction of sp³-hybridized carbons (Fsp3) is 0.323. The highest BCUT2D eigenvalue weighted by atomic mass is 16.2. The number of carbonyl (C=O) groups excluding carboxylic acids is 11. The Morgan fingerprint density at radius 2 is 0.699 bits per heavy atom. The summed E-state index contributed by atoms with van der Waals surface area (Å²) in [6.45, 7) is 0.202. The zero-order valence-corrected chi connectivity index (χ0v) is 52.6. The standard InChI is InChI=1S/C62H74N20O11/c1-75-19-18-64-54(75)61(93)74-42-25-45(78(4)34-42)56(88)66-17-13-51(84)69-37-21-47(80(6)29-37)58(90)72-40-24-46(79(5)32-40)57(89)67-35-62(14-10-9-11-15-62)27-52(85)70-38-22-48(81(7)30-38)59(91)73-41-26-49(82(8)33-41)60(92)71-39-23-44(77(3)31-39)55(87)65-16-12-50(83)68-36-20-43(53(63)86)76(2)28-36/h18-26,28-34H,9-17,27,35H2,1-8H3,(H2,63,86)(H,65,87)(H,66,88)(H,67,89)(H,68,83)(H,69,84)(H,70,85)(H,71,92)(H,72,90)(H,73,91)(H,74,93). The van der Waals surface area contributed by atoms with E-state index in [2.05, 4.69) is 58.2 Å². The van der Waals surface area contributed by atoms with Crippen LogP contribution in [-0.4, -0.2) is 126 Å². The molecule has 31 nitrogen and oxygen atoms in total. The number of imidazole rings is 1.